The van der Waals surface area contributed by atoms with Crippen LogP contribution in [0.5, 0.6) is 5.75 Å². The van der Waals surface area contributed by atoms with Crippen molar-refractivity contribution in [3.63, 3.8) is 0 Å². The van der Waals surface area contributed by atoms with Gasteiger partial charge in [-0.25, -0.2) is 9.37 Å². The molecule has 2 saturated heterocycles. The van der Waals surface area contributed by atoms with Gasteiger partial charge in [-0.2, -0.15) is 0 Å². The normalized spacial score (nSPS) is 21.3. The molecule has 2 aromatic rings. The van der Waals surface area contributed by atoms with Crippen molar-refractivity contribution in [1.82, 2.24) is 20.2 Å². The molecule has 3 N–H and O–H groups in total. The lowest BCUT2D eigenvalue weighted by molar-refractivity contribution is -0.120. The van der Waals surface area contributed by atoms with Crippen LogP contribution in [0.25, 0.3) is 0 Å². The number of ether oxygens (including phenoxy) is 2. The van der Waals surface area contributed by atoms with Crippen molar-refractivity contribution in [1.29, 1.82) is 0 Å². The fourth-order valence-corrected chi connectivity index (χ4v) is 5.13. The zero-order valence-electron chi connectivity index (χ0n) is 19.1. The highest BCUT2D eigenvalue weighted by molar-refractivity contribution is 5.94. The van der Waals surface area contributed by atoms with E-state index in [4.69, 9.17) is 9.47 Å². The van der Waals surface area contributed by atoms with Crippen molar-refractivity contribution < 1.29 is 28.6 Å². The number of carbonyl (C=O) groups excluding carboxylic acids is 2. The van der Waals surface area contributed by atoms with Crippen molar-refractivity contribution in [3.05, 3.63) is 57.0 Å². The highest BCUT2D eigenvalue weighted by Gasteiger charge is 2.41. The molecule has 3 aliphatic rings. The quantitative estimate of drug-likeness (QED) is 0.580. The molecule has 0 radical (unpaired) electrons. The van der Waals surface area contributed by atoms with Gasteiger partial charge in [0.1, 0.15) is 11.6 Å². The van der Waals surface area contributed by atoms with Crippen LogP contribution < -0.4 is 16.2 Å². The van der Waals surface area contributed by atoms with Crippen molar-refractivity contribution in [2.24, 2.45) is 0 Å². The monoisotopic (exact) mass is 486 g/mol. The van der Waals surface area contributed by atoms with Gasteiger partial charge >= 0.3 is 0 Å². The van der Waals surface area contributed by atoms with Gasteiger partial charge in [-0.1, -0.05) is 6.07 Å². The lowest BCUT2D eigenvalue weighted by atomic mass is 9.80. The van der Waals surface area contributed by atoms with E-state index in [1.54, 1.807) is 0 Å². The molecular weight excluding hydrogens is 459 g/mol. The summed E-state index contributed by atoms with van der Waals surface area (Å²) in [6.07, 6.45) is 1.68. The van der Waals surface area contributed by atoms with Crippen LogP contribution in [0.4, 0.5) is 4.39 Å². The van der Waals surface area contributed by atoms with Crippen molar-refractivity contribution in [2.75, 3.05) is 33.0 Å². The predicted molar refractivity (Wildman–Crippen MR) is 121 cm³/mol. The molecule has 186 valence electrons. The maximum Gasteiger partial charge on any atom is 0.296 e. The zero-order chi connectivity index (χ0) is 24.6. The van der Waals surface area contributed by atoms with Crippen LogP contribution in [0.15, 0.2) is 23.0 Å². The second kappa shape index (κ2) is 9.38. The smallest absolute Gasteiger partial charge is 0.296 e. The molecule has 2 fully saturated rings. The van der Waals surface area contributed by atoms with Gasteiger partial charge in [0.05, 0.1) is 31.1 Å². The first-order valence-electron chi connectivity index (χ1n) is 11.7. The average molecular weight is 487 g/mol. The number of benzene rings is 1. The number of hydrogen-bond donors (Lipinski definition) is 3. The van der Waals surface area contributed by atoms with Crippen LogP contribution >= 0.6 is 0 Å². The second-order valence-corrected chi connectivity index (χ2v) is 9.19. The molecule has 4 heterocycles. The summed E-state index contributed by atoms with van der Waals surface area (Å²) in [4.78, 5) is 42.8. The van der Waals surface area contributed by atoms with E-state index in [0.29, 0.717) is 69.2 Å². The Bertz CT molecular complexity index is 1220. The molecule has 1 aromatic heterocycles. The third-order valence-corrected chi connectivity index (χ3v) is 7.09. The molecule has 1 spiro atoms. The van der Waals surface area contributed by atoms with Gasteiger partial charge in [0.15, 0.2) is 5.69 Å². The molecule has 5 rings (SSSR count). The standard InChI is InChI=1S/C24H27FN4O6/c25-15-2-1-14(17(11-15)16-3-6-26-20(16)31)12-27-21(32)18-19(30)22(33)29-7-10-35-13-24(23(29)28-18)4-8-34-9-5-24/h1-2,11,16,30H,3-10,12-13H2,(H,26,31)(H,27,32). The molecular formula is C24H27FN4O6. The number of aromatic nitrogens is 2. The highest BCUT2D eigenvalue weighted by Crippen LogP contribution is 2.36. The summed E-state index contributed by atoms with van der Waals surface area (Å²) < 4.78 is 26.6. The summed E-state index contributed by atoms with van der Waals surface area (Å²) in [6, 6.07) is 4.08. The first-order chi connectivity index (χ1) is 16.9. The SMILES string of the molecule is O=C(NCc1ccc(F)cc1C1CCNC1=O)c1nc2n(c(=O)c1O)CCOCC21CCOCC1. The number of rotatable bonds is 4. The highest BCUT2D eigenvalue weighted by atomic mass is 19.1. The number of halogens is 1. The molecule has 10 nitrogen and oxygen atoms in total. The zero-order valence-corrected chi connectivity index (χ0v) is 19.1. The predicted octanol–water partition coefficient (Wildman–Crippen LogP) is 0.700. The van der Waals surface area contributed by atoms with Gasteiger partial charge in [-0.05, 0) is 42.5 Å². The Morgan fingerprint density at radius 3 is 2.80 bits per heavy atom. The Hall–Kier alpha value is -3.31. The van der Waals surface area contributed by atoms with E-state index < -0.39 is 34.4 Å². The Morgan fingerprint density at radius 2 is 2.06 bits per heavy atom. The van der Waals surface area contributed by atoms with Crippen LogP contribution in [0, 0.1) is 5.82 Å². The van der Waals surface area contributed by atoms with Crippen LogP contribution in [0.2, 0.25) is 0 Å². The van der Waals surface area contributed by atoms with Gasteiger partial charge in [0.25, 0.3) is 11.5 Å². The topological polar surface area (TPSA) is 132 Å². The molecule has 1 atom stereocenters. The second-order valence-electron chi connectivity index (χ2n) is 9.19. The Balaban J connectivity index is 1.45. The van der Waals surface area contributed by atoms with Gasteiger partial charge in [-0.15, -0.1) is 0 Å². The maximum atomic E-state index is 13.9. The largest absolute Gasteiger partial charge is 0.501 e. The molecule has 2 amide bonds. The van der Waals surface area contributed by atoms with E-state index in [1.807, 2.05) is 0 Å². The summed E-state index contributed by atoms with van der Waals surface area (Å²) >= 11 is 0. The summed E-state index contributed by atoms with van der Waals surface area (Å²) in [7, 11) is 0. The van der Waals surface area contributed by atoms with Crippen molar-refractivity contribution >= 4 is 11.8 Å². The van der Waals surface area contributed by atoms with Crippen molar-refractivity contribution in [2.45, 2.75) is 43.7 Å². The maximum absolute atomic E-state index is 13.9. The van der Waals surface area contributed by atoms with Gasteiger partial charge in [0, 0.05) is 26.3 Å². The first-order valence-corrected chi connectivity index (χ1v) is 11.7. The number of hydrogen-bond acceptors (Lipinski definition) is 7. The molecule has 0 bridgehead atoms. The molecule has 1 unspecified atom stereocenters. The Labute approximate surface area is 200 Å². The number of nitrogens with zero attached hydrogens (tertiary/aromatic N) is 2. The number of aromatic hydroxyl groups is 1. The van der Waals surface area contributed by atoms with E-state index in [1.165, 1.54) is 22.8 Å². The number of fused-ring (bicyclic) bond motifs is 2. The molecule has 35 heavy (non-hydrogen) atoms. The Morgan fingerprint density at radius 1 is 1.26 bits per heavy atom. The van der Waals surface area contributed by atoms with Crippen LogP contribution in [-0.4, -0.2) is 59.4 Å². The molecule has 1 aromatic carbocycles. The van der Waals surface area contributed by atoms with Crippen LogP contribution in [0.3, 0.4) is 0 Å². The van der Waals surface area contributed by atoms with E-state index in [0.717, 1.165) is 0 Å². The summed E-state index contributed by atoms with van der Waals surface area (Å²) in [6.45, 7) is 2.29. The van der Waals surface area contributed by atoms with E-state index in [-0.39, 0.29) is 24.7 Å². The molecule has 0 aliphatic carbocycles. The summed E-state index contributed by atoms with van der Waals surface area (Å²) in [5.41, 5.74) is -0.575. The minimum atomic E-state index is -0.735. The average Bonchev–Trinajstić information content (AvgIpc) is 3.21. The van der Waals surface area contributed by atoms with Gasteiger partial charge in [-0.3, -0.25) is 19.0 Å². The van der Waals surface area contributed by atoms with E-state index in [9.17, 15) is 23.9 Å². The first kappa shape index (κ1) is 23.4. The van der Waals surface area contributed by atoms with Crippen molar-refractivity contribution in [3.8, 4) is 5.75 Å². The third-order valence-electron chi connectivity index (χ3n) is 7.09. The number of carbonyl (C=O) groups is 2. The third kappa shape index (κ3) is 4.30. The number of amides is 2. The lowest BCUT2D eigenvalue weighted by Crippen LogP contribution is -2.43. The molecule has 11 heteroatoms. The van der Waals surface area contributed by atoms with Gasteiger partial charge in [0.2, 0.25) is 11.7 Å². The minimum Gasteiger partial charge on any atom is -0.501 e. The fraction of sp³-hybridized carbons (Fsp3) is 0.500. The summed E-state index contributed by atoms with van der Waals surface area (Å²) in [5.74, 6) is -2.22. The van der Waals surface area contributed by atoms with Crippen LogP contribution in [0.1, 0.15) is 52.6 Å². The number of nitrogens with one attached hydrogen (secondary N) is 2. The Kier molecular flexibility index (Phi) is 6.28. The fourth-order valence-electron chi connectivity index (χ4n) is 5.13. The molecule has 3 aliphatic heterocycles. The van der Waals surface area contributed by atoms with Crippen LogP contribution in [-0.2, 0) is 32.8 Å². The van der Waals surface area contributed by atoms with E-state index >= 15 is 0 Å². The molecule has 0 saturated carbocycles. The van der Waals surface area contributed by atoms with E-state index in [2.05, 4.69) is 15.6 Å². The lowest BCUT2D eigenvalue weighted by Gasteiger charge is -2.35. The summed E-state index contributed by atoms with van der Waals surface area (Å²) in [5, 5.41) is 16.0. The van der Waals surface area contributed by atoms with Gasteiger partial charge < -0.3 is 25.2 Å². The minimum absolute atomic E-state index is 0.0279.